The summed E-state index contributed by atoms with van der Waals surface area (Å²) in [7, 11) is 0. The number of carbonyl (C=O) groups excluding carboxylic acids is 1. The van der Waals surface area contributed by atoms with E-state index in [1.807, 2.05) is 31.0 Å². The Bertz CT molecular complexity index is 1220. The fourth-order valence-corrected chi connectivity index (χ4v) is 4.81. The van der Waals surface area contributed by atoms with E-state index in [4.69, 9.17) is 14.5 Å². The Kier molecular flexibility index (Phi) is 5.76. The first-order valence-corrected chi connectivity index (χ1v) is 11.3. The van der Waals surface area contributed by atoms with Gasteiger partial charge < -0.3 is 9.47 Å². The maximum atomic E-state index is 13.7. The van der Waals surface area contributed by atoms with Crippen molar-refractivity contribution in [1.29, 1.82) is 0 Å². The Morgan fingerprint density at radius 2 is 2.00 bits per heavy atom. The molecule has 1 saturated heterocycles. The number of fused-ring (bicyclic) bond motifs is 2. The molecular weight excluding hydrogens is 444 g/mol. The molecule has 1 fully saturated rings. The van der Waals surface area contributed by atoms with Crippen molar-refractivity contribution >= 4 is 11.6 Å². The SMILES string of the molecule is CCn1cc(N2C(=O)c3c(C)cc(-c4cncc(OCC(F)F)c4)nc3C23CCOCC3)cn1. The number of anilines is 1. The second-order valence-electron chi connectivity index (χ2n) is 8.50. The highest BCUT2D eigenvalue weighted by Crippen LogP contribution is 2.48. The van der Waals surface area contributed by atoms with Crippen LogP contribution in [0.1, 0.15) is 41.4 Å². The lowest BCUT2D eigenvalue weighted by molar-refractivity contribution is 0.0488. The van der Waals surface area contributed by atoms with Crippen LogP contribution in [0.4, 0.5) is 14.5 Å². The molecule has 2 aliphatic rings. The molecule has 5 rings (SSSR count). The Hall–Kier alpha value is -3.40. The van der Waals surface area contributed by atoms with Gasteiger partial charge in [-0.05, 0) is 31.5 Å². The highest BCUT2D eigenvalue weighted by atomic mass is 19.3. The van der Waals surface area contributed by atoms with E-state index in [9.17, 15) is 13.6 Å². The summed E-state index contributed by atoms with van der Waals surface area (Å²) in [5.41, 5.74) is 3.41. The fourth-order valence-electron chi connectivity index (χ4n) is 4.81. The van der Waals surface area contributed by atoms with Gasteiger partial charge in [-0.3, -0.25) is 19.4 Å². The molecule has 10 heteroatoms. The van der Waals surface area contributed by atoms with Crippen LogP contribution < -0.4 is 9.64 Å². The molecule has 8 nitrogen and oxygen atoms in total. The lowest BCUT2D eigenvalue weighted by Gasteiger charge is -2.40. The van der Waals surface area contributed by atoms with Gasteiger partial charge in [0.1, 0.15) is 12.4 Å². The van der Waals surface area contributed by atoms with Crippen molar-refractivity contribution < 1.29 is 23.0 Å². The van der Waals surface area contributed by atoms with Gasteiger partial charge >= 0.3 is 0 Å². The normalized spacial score (nSPS) is 17.0. The molecule has 2 aliphatic heterocycles. The minimum Gasteiger partial charge on any atom is -0.486 e. The summed E-state index contributed by atoms with van der Waals surface area (Å²) >= 11 is 0. The summed E-state index contributed by atoms with van der Waals surface area (Å²) in [5.74, 6) is 0.138. The molecule has 34 heavy (non-hydrogen) atoms. The number of hydrogen-bond acceptors (Lipinski definition) is 6. The number of rotatable bonds is 6. The van der Waals surface area contributed by atoms with Crippen LogP contribution in [0.25, 0.3) is 11.3 Å². The van der Waals surface area contributed by atoms with Crippen molar-refractivity contribution in [3.8, 4) is 17.0 Å². The molecular formula is C24H25F2N5O3. The first-order valence-electron chi connectivity index (χ1n) is 11.3. The first-order chi connectivity index (χ1) is 16.4. The average molecular weight is 469 g/mol. The number of alkyl halides is 2. The number of aromatic nitrogens is 4. The van der Waals surface area contributed by atoms with Gasteiger partial charge in [-0.15, -0.1) is 0 Å². The van der Waals surface area contributed by atoms with E-state index in [-0.39, 0.29) is 11.7 Å². The third-order valence-electron chi connectivity index (χ3n) is 6.41. The summed E-state index contributed by atoms with van der Waals surface area (Å²) in [6, 6.07) is 3.47. The van der Waals surface area contributed by atoms with E-state index >= 15 is 0 Å². The summed E-state index contributed by atoms with van der Waals surface area (Å²) < 4.78 is 37.7. The number of ether oxygens (including phenoxy) is 2. The zero-order valence-corrected chi connectivity index (χ0v) is 19.0. The Balaban J connectivity index is 1.61. The number of hydrogen-bond donors (Lipinski definition) is 0. The quantitative estimate of drug-likeness (QED) is 0.543. The van der Waals surface area contributed by atoms with Crippen molar-refractivity contribution in [2.45, 2.75) is 45.2 Å². The second kappa shape index (κ2) is 8.75. The first kappa shape index (κ1) is 22.4. The van der Waals surface area contributed by atoms with E-state index in [0.717, 1.165) is 11.3 Å². The topological polar surface area (TPSA) is 82.4 Å². The van der Waals surface area contributed by atoms with Crippen molar-refractivity contribution in [1.82, 2.24) is 19.7 Å². The van der Waals surface area contributed by atoms with Gasteiger partial charge in [0.25, 0.3) is 12.3 Å². The predicted octanol–water partition coefficient (Wildman–Crippen LogP) is 3.98. The van der Waals surface area contributed by atoms with Crippen molar-refractivity contribution in [3.63, 3.8) is 0 Å². The van der Waals surface area contributed by atoms with Crippen LogP contribution in [0.5, 0.6) is 5.75 Å². The zero-order valence-electron chi connectivity index (χ0n) is 19.0. The van der Waals surface area contributed by atoms with E-state index < -0.39 is 18.6 Å². The van der Waals surface area contributed by atoms with Crippen molar-refractivity contribution in [2.24, 2.45) is 0 Å². The summed E-state index contributed by atoms with van der Waals surface area (Å²) in [5, 5.41) is 4.38. The molecule has 0 aromatic carbocycles. The van der Waals surface area contributed by atoms with Gasteiger partial charge in [-0.25, -0.2) is 13.8 Å². The van der Waals surface area contributed by atoms with Crippen LogP contribution in [-0.2, 0) is 16.8 Å². The van der Waals surface area contributed by atoms with E-state index in [1.165, 1.54) is 6.20 Å². The van der Waals surface area contributed by atoms with E-state index in [0.29, 0.717) is 55.1 Å². The van der Waals surface area contributed by atoms with Gasteiger partial charge in [0.05, 0.1) is 40.6 Å². The summed E-state index contributed by atoms with van der Waals surface area (Å²) in [6.45, 7) is 4.89. The van der Waals surface area contributed by atoms with Gasteiger partial charge in [0.2, 0.25) is 0 Å². The molecule has 0 unspecified atom stereocenters. The monoisotopic (exact) mass is 469 g/mol. The smallest absolute Gasteiger partial charge is 0.272 e. The van der Waals surface area contributed by atoms with Crippen molar-refractivity contribution in [2.75, 3.05) is 24.7 Å². The standard InChI is InChI=1S/C24H25F2N5O3/c1-3-30-13-17(11-28-30)31-23(32)21-15(2)8-19(29-22(21)24(31)4-6-33-7-5-24)16-9-18(12-27-10-16)34-14-20(25)26/h8-13,20H,3-7,14H2,1-2H3. The maximum Gasteiger partial charge on any atom is 0.272 e. The molecule has 1 amide bonds. The summed E-state index contributed by atoms with van der Waals surface area (Å²) in [4.78, 5) is 24.7. The van der Waals surface area contributed by atoms with Crippen LogP contribution in [0.15, 0.2) is 36.9 Å². The number of aryl methyl sites for hydroxylation is 2. The van der Waals surface area contributed by atoms with Gasteiger partial charge in [-0.2, -0.15) is 5.10 Å². The lowest BCUT2D eigenvalue weighted by Crippen LogP contribution is -2.48. The molecule has 0 N–H and O–H groups in total. The minimum atomic E-state index is -2.58. The van der Waals surface area contributed by atoms with Gasteiger partial charge in [-0.1, -0.05) is 0 Å². The average Bonchev–Trinajstić information content (AvgIpc) is 3.39. The zero-order chi connectivity index (χ0) is 23.9. The van der Waals surface area contributed by atoms with E-state index in [2.05, 4.69) is 10.1 Å². The number of nitrogens with zero attached hydrogens (tertiary/aromatic N) is 5. The van der Waals surface area contributed by atoms with Crippen LogP contribution >= 0.6 is 0 Å². The lowest BCUT2D eigenvalue weighted by atomic mass is 9.85. The maximum absolute atomic E-state index is 13.7. The number of amides is 1. The molecule has 3 aromatic rings. The summed E-state index contributed by atoms with van der Waals surface area (Å²) in [6.07, 6.45) is 5.23. The van der Waals surface area contributed by atoms with Crippen LogP contribution in [0.2, 0.25) is 0 Å². The van der Waals surface area contributed by atoms with Crippen LogP contribution in [-0.4, -0.2) is 51.9 Å². The largest absolute Gasteiger partial charge is 0.486 e. The molecule has 0 radical (unpaired) electrons. The van der Waals surface area contributed by atoms with Crippen molar-refractivity contribution in [3.05, 3.63) is 53.7 Å². The molecule has 0 bridgehead atoms. The number of halogens is 2. The molecule has 0 atom stereocenters. The molecule has 178 valence electrons. The Morgan fingerprint density at radius 1 is 1.21 bits per heavy atom. The molecule has 0 saturated carbocycles. The second-order valence-corrected chi connectivity index (χ2v) is 8.50. The highest BCUT2D eigenvalue weighted by molar-refractivity contribution is 6.12. The van der Waals surface area contributed by atoms with E-state index in [1.54, 1.807) is 23.1 Å². The molecule has 3 aromatic heterocycles. The third kappa shape index (κ3) is 3.71. The van der Waals surface area contributed by atoms with Crippen LogP contribution in [0, 0.1) is 6.92 Å². The fraction of sp³-hybridized carbons (Fsp3) is 0.417. The van der Waals surface area contributed by atoms with Crippen LogP contribution in [0.3, 0.4) is 0 Å². The number of carbonyl (C=O) groups is 1. The molecule has 0 aliphatic carbocycles. The molecule has 1 spiro atoms. The highest BCUT2D eigenvalue weighted by Gasteiger charge is 2.53. The number of pyridine rings is 2. The predicted molar refractivity (Wildman–Crippen MR) is 120 cm³/mol. The Morgan fingerprint density at radius 3 is 2.71 bits per heavy atom. The Labute approximate surface area is 195 Å². The van der Waals surface area contributed by atoms with Gasteiger partial charge in [0.15, 0.2) is 0 Å². The molecule has 5 heterocycles. The van der Waals surface area contributed by atoms with Gasteiger partial charge in [0, 0.05) is 50.6 Å². The third-order valence-corrected chi connectivity index (χ3v) is 6.41. The minimum absolute atomic E-state index is 0.101.